The number of fused-ring (bicyclic) bond motifs is 2. The topological polar surface area (TPSA) is 110 Å². The summed E-state index contributed by atoms with van der Waals surface area (Å²) >= 11 is 1.38. The highest BCUT2D eigenvalue weighted by molar-refractivity contribution is 7.21. The van der Waals surface area contributed by atoms with Crippen molar-refractivity contribution in [1.29, 1.82) is 0 Å². The molecular formula is C17H13N5O3S. The van der Waals surface area contributed by atoms with Crippen LogP contribution < -0.4 is 10.1 Å². The Bertz CT molecular complexity index is 1130. The Morgan fingerprint density at radius 2 is 2.04 bits per heavy atom. The van der Waals surface area contributed by atoms with E-state index in [0.717, 1.165) is 21.3 Å². The smallest absolute Gasteiger partial charge is 0.307 e. The lowest BCUT2D eigenvalue weighted by Gasteiger charge is -2.07. The van der Waals surface area contributed by atoms with Gasteiger partial charge in [-0.15, -0.1) is 0 Å². The van der Waals surface area contributed by atoms with Gasteiger partial charge in [0.25, 0.3) is 0 Å². The number of anilines is 2. The zero-order valence-corrected chi connectivity index (χ0v) is 14.4. The molecule has 0 spiro atoms. The quantitative estimate of drug-likeness (QED) is 0.554. The Morgan fingerprint density at radius 3 is 2.85 bits per heavy atom. The fourth-order valence-corrected chi connectivity index (χ4v) is 3.39. The summed E-state index contributed by atoms with van der Waals surface area (Å²) in [6, 6.07) is 8.91. The summed E-state index contributed by atoms with van der Waals surface area (Å²) in [6.45, 7) is 0. The Morgan fingerprint density at radius 1 is 1.19 bits per heavy atom. The van der Waals surface area contributed by atoms with Crippen molar-refractivity contribution in [3.63, 3.8) is 0 Å². The molecule has 1 aromatic carbocycles. The first-order valence-electron chi connectivity index (χ1n) is 7.66. The number of hydrogen-bond donors (Lipinski definition) is 2. The number of thiazole rings is 1. The molecule has 130 valence electrons. The molecule has 0 aliphatic rings. The normalized spacial score (nSPS) is 11.0. The summed E-state index contributed by atoms with van der Waals surface area (Å²) in [6.07, 6.45) is 1.39. The molecule has 9 heteroatoms. The van der Waals surface area contributed by atoms with E-state index in [0.29, 0.717) is 22.4 Å². The van der Waals surface area contributed by atoms with Crippen LogP contribution in [-0.2, 0) is 11.2 Å². The molecule has 0 saturated carbocycles. The van der Waals surface area contributed by atoms with E-state index in [9.17, 15) is 4.79 Å². The van der Waals surface area contributed by atoms with Gasteiger partial charge in [-0.05, 0) is 23.8 Å². The summed E-state index contributed by atoms with van der Waals surface area (Å²) in [5, 5.41) is 13.5. The van der Waals surface area contributed by atoms with Crippen molar-refractivity contribution >= 4 is 49.5 Å². The predicted molar refractivity (Wildman–Crippen MR) is 98.1 cm³/mol. The molecule has 3 heterocycles. The minimum Gasteiger partial charge on any atom is -0.481 e. The number of carboxylic acids is 1. The van der Waals surface area contributed by atoms with Crippen LogP contribution in [0.25, 0.3) is 21.3 Å². The van der Waals surface area contributed by atoms with E-state index in [1.54, 1.807) is 31.4 Å². The predicted octanol–water partition coefficient (Wildman–Crippen LogP) is 3.01. The van der Waals surface area contributed by atoms with Crippen molar-refractivity contribution in [2.24, 2.45) is 0 Å². The van der Waals surface area contributed by atoms with Gasteiger partial charge in [-0.1, -0.05) is 17.4 Å². The minimum atomic E-state index is -0.887. The monoisotopic (exact) mass is 367 g/mol. The number of methoxy groups -OCH3 is 1. The average molecular weight is 367 g/mol. The fraction of sp³-hybridized carbons (Fsp3) is 0.118. The van der Waals surface area contributed by atoms with E-state index in [1.807, 2.05) is 6.07 Å². The number of aliphatic carboxylic acids is 1. The maximum Gasteiger partial charge on any atom is 0.307 e. The second-order valence-corrected chi connectivity index (χ2v) is 6.44. The summed E-state index contributed by atoms with van der Waals surface area (Å²) in [5.41, 5.74) is 2.15. The number of carboxylic acid groups (broad SMARTS) is 1. The van der Waals surface area contributed by atoms with E-state index in [2.05, 4.69) is 25.3 Å². The van der Waals surface area contributed by atoms with Gasteiger partial charge in [-0.3, -0.25) is 4.79 Å². The number of rotatable bonds is 5. The number of pyridine rings is 1. The van der Waals surface area contributed by atoms with Crippen molar-refractivity contribution < 1.29 is 14.6 Å². The molecule has 3 aromatic heterocycles. The number of hydrogen-bond acceptors (Lipinski definition) is 8. The van der Waals surface area contributed by atoms with Gasteiger partial charge in [0.05, 0.1) is 19.0 Å². The molecule has 0 aliphatic heterocycles. The lowest BCUT2D eigenvalue weighted by molar-refractivity contribution is -0.136. The van der Waals surface area contributed by atoms with Gasteiger partial charge in [-0.2, -0.15) is 0 Å². The zero-order valence-electron chi connectivity index (χ0n) is 13.6. The van der Waals surface area contributed by atoms with Gasteiger partial charge in [0, 0.05) is 11.5 Å². The molecule has 0 aliphatic carbocycles. The largest absolute Gasteiger partial charge is 0.481 e. The molecule has 0 amide bonds. The minimum absolute atomic E-state index is 0.0604. The van der Waals surface area contributed by atoms with Crippen LogP contribution in [0.5, 0.6) is 5.88 Å². The number of nitrogens with zero attached hydrogens (tertiary/aromatic N) is 4. The molecule has 0 fully saturated rings. The Balaban J connectivity index is 1.73. The standard InChI is InChI=1S/C17H13N5O3S/c1-25-13-5-4-12-16(21-13)26-17(20-12)22-15-10-6-9(7-14(23)24)2-3-11(10)18-8-19-15/h2-6,8H,7H2,1H3,(H,23,24)(H,18,19,20,22). The van der Waals surface area contributed by atoms with Crippen LogP contribution in [0.15, 0.2) is 36.7 Å². The molecule has 0 bridgehead atoms. The van der Waals surface area contributed by atoms with E-state index in [1.165, 1.54) is 17.7 Å². The molecule has 0 atom stereocenters. The van der Waals surface area contributed by atoms with E-state index in [-0.39, 0.29) is 6.42 Å². The lowest BCUT2D eigenvalue weighted by Crippen LogP contribution is -2.01. The molecule has 0 radical (unpaired) electrons. The zero-order chi connectivity index (χ0) is 18.1. The fourth-order valence-electron chi connectivity index (χ4n) is 2.56. The number of nitrogens with one attached hydrogen (secondary N) is 1. The van der Waals surface area contributed by atoms with Gasteiger partial charge in [0.15, 0.2) is 5.13 Å². The maximum absolute atomic E-state index is 11.0. The van der Waals surface area contributed by atoms with Crippen LogP contribution in [0.1, 0.15) is 5.56 Å². The highest BCUT2D eigenvalue weighted by Crippen LogP contribution is 2.30. The molecule has 0 unspecified atom stereocenters. The second kappa shape index (κ2) is 6.52. The third-order valence-corrected chi connectivity index (χ3v) is 4.60. The van der Waals surface area contributed by atoms with Crippen LogP contribution >= 0.6 is 11.3 Å². The van der Waals surface area contributed by atoms with Crippen molar-refractivity contribution in [3.8, 4) is 5.88 Å². The lowest BCUT2D eigenvalue weighted by atomic mass is 10.1. The highest BCUT2D eigenvalue weighted by atomic mass is 32.1. The van der Waals surface area contributed by atoms with Crippen molar-refractivity contribution in [3.05, 3.63) is 42.2 Å². The van der Waals surface area contributed by atoms with Crippen LogP contribution in [-0.4, -0.2) is 38.1 Å². The van der Waals surface area contributed by atoms with Crippen LogP contribution in [0.3, 0.4) is 0 Å². The molecule has 0 saturated heterocycles. The number of carbonyl (C=O) groups is 1. The highest BCUT2D eigenvalue weighted by Gasteiger charge is 2.11. The third-order valence-electron chi connectivity index (χ3n) is 3.72. The summed E-state index contributed by atoms with van der Waals surface area (Å²) in [4.78, 5) is 29.1. The first-order valence-corrected chi connectivity index (χ1v) is 8.48. The number of benzene rings is 1. The Kier molecular flexibility index (Phi) is 4.05. The van der Waals surface area contributed by atoms with Crippen LogP contribution in [0, 0.1) is 0 Å². The number of aromatic nitrogens is 4. The van der Waals surface area contributed by atoms with Gasteiger partial charge in [0.1, 0.15) is 22.5 Å². The molecule has 26 heavy (non-hydrogen) atoms. The van der Waals surface area contributed by atoms with Gasteiger partial charge in [-0.25, -0.2) is 19.9 Å². The molecular weight excluding hydrogens is 354 g/mol. The number of ether oxygens (including phenoxy) is 1. The first kappa shape index (κ1) is 16.2. The Labute approximate surface area is 151 Å². The molecule has 4 aromatic rings. The third kappa shape index (κ3) is 3.11. The SMILES string of the molecule is COc1ccc2nc(Nc3ncnc4ccc(CC(=O)O)cc34)sc2n1. The first-order chi connectivity index (χ1) is 12.6. The summed E-state index contributed by atoms with van der Waals surface area (Å²) in [5.74, 6) is 0.202. The second-order valence-electron chi connectivity index (χ2n) is 5.47. The molecule has 4 rings (SSSR count). The van der Waals surface area contributed by atoms with E-state index in [4.69, 9.17) is 9.84 Å². The summed E-state index contributed by atoms with van der Waals surface area (Å²) in [7, 11) is 1.57. The van der Waals surface area contributed by atoms with Crippen LogP contribution in [0.4, 0.5) is 10.9 Å². The average Bonchev–Trinajstić information content (AvgIpc) is 3.03. The van der Waals surface area contributed by atoms with Crippen molar-refractivity contribution in [2.75, 3.05) is 12.4 Å². The van der Waals surface area contributed by atoms with Crippen molar-refractivity contribution in [1.82, 2.24) is 19.9 Å². The summed E-state index contributed by atoms with van der Waals surface area (Å²) < 4.78 is 5.13. The van der Waals surface area contributed by atoms with Crippen LogP contribution in [0.2, 0.25) is 0 Å². The maximum atomic E-state index is 11.0. The van der Waals surface area contributed by atoms with Crippen molar-refractivity contribution in [2.45, 2.75) is 6.42 Å². The van der Waals surface area contributed by atoms with Gasteiger partial charge < -0.3 is 15.2 Å². The molecule has 8 nitrogen and oxygen atoms in total. The van der Waals surface area contributed by atoms with Gasteiger partial charge >= 0.3 is 5.97 Å². The van der Waals surface area contributed by atoms with Gasteiger partial charge in [0.2, 0.25) is 5.88 Å². The Hall–Kier alpha value is -3.33. The molecule has 2 N–H and O–H groups in total. The van der Waals surface area contributed by atoms with E-state index < -0.39 is 5.97 Å². The van der Waals surface area contributed by atoms with E-state index >= 15 is 0 Å².